The van der Waals surface area contributed by atoms with Gasteiger partial charge in [-0.25, -0.2) is 4.39 Å². The number of thioether (sulfide) groups is 1. The second-order valence-corrected chi connectivity index (χ2v) is 5.28. The fraction of sp³-hybridized carbons (Fsp3) is 0.455. The highest BCUT2D eigenvalue weighted by Crippen LogP contribution is 2.40. The number of anilines is 1. The van der Waals surface area contributed by atoms with Crippen LogP contribution in [-0.2, 0) is 0 Å². The number of para-hydroxylation sites is 1. The van der Waals surface area contributed by atoms with E-state index in [1.54, 1.807) is 12.1 Å². The van der Waals surface area contributed by atoms with E-state index >= 15 is 0 Å². The average Bonchev–Trinajstić information content (AvgIpc) is 2.79. The Morgan fingerprint density at radius 1 is 1.36 bits per heavy atom. The highest BCUT2D eigenvalue weighted by molar-refractivity contribution is 8.00. The Morgan fingerprint density at radius 2 is 2.21 bits per heavy atom. The monoisotopic (exact) mass is 209 g/mol. The van der Waals surface area contributed by atoms with Gasteiger partial charge in [0.15, 0.2) is 0 Å². The highest BCUT2D eigenvalue weighted by atomic mass is 32.2. The lowest BCUT2D eigenvalue weighted by atomic mass is 10.2. The van der Waals surface area contributed by atoms with Gasteiger partial charge < -0.3 is 4.90 Å². The van der Waals surface area contributed by atoms with E-state index in [4.69, 9.17) is 0 Å². The molecule has 0 N–H and O–H groups in total. The van der Waals surface area contributed by atoms with Crippen LogP contribution in [0.4, 0.5) is 10.1 Å². The molecule has 14 heavy (non-hydrogen) atoms. The number of hydrogen-bond donors (Lipinski definition) is 0. The maximum Gasteiger partial charge on any atom is 0.146 e. The number of benzene rings is 1. The van der Waals surface area contributed by atoms with Crippen LogP contribution in [0.2, 0.25) is 0 Å². The Bertz CT molecular complexity index is 355. The van der Waals surface area contributed by atoms with Crippen LogP contribution in [0, 0.1) is 5.82 Å². The van der Waals surface area contributed by atoms with E-state index in [0.29, 0.717) is 6.04 Å². The van der Waals surface area contributed by atoms with Gasteiger partial charge in [-0.05, 0) is 18.6 Å². The van der Waals surface area contributed by atoms with Crippen molar-refractivity contribution >= 4 is 17.4 Å². The normalized spacial score (nSPS) is 29.9. The minimum absolute atomic E-state index is 0.0787. The summed E-state index contributed by atoms with van der Waals surface area (Å²) in [5, 5.41) is 0.736. The molecule has 0 amide bonds. The summed E-state index contributed by atoms with van der Waals surface area (Å²) in [6.45, 7) is 1.02. The first-order valence-electron chi connectivity index (χ1n) is 4.97. The summed E-state index contributed by atoms with van der Waals surface area (Å²) in [6.07, 6.45) is 1.24. The predicted molar refractivity (Wildman–Crippen MR) is 58.4 cm³/mol. The Hall–Kier alpha value is -0.700. The van der Waals surface area contributed by atoms with Gasteiger partial charge in [0.1, 0.15) is 5.82 Å². The molecule has 2 aliphatic rings. The van der Waals surface area contributed by atoms with Crippen molar-refractivity contribution in [3.05, 3.63) is 30.1 Å². The standard InChI is InChI=1S/C11H12FNS/c12-10-3-1-2-4-11(10)13-6-9-5-8(13)7-14-9/h1-4,8-9H,5-7H2/t8-,9-/m0/s1. The van der Waals surface area contributed by atoms with Crippen molar-refractivity contribution < 1.29 is 4.39 Å². The fourth-order valence-electron chi connectivity index (χ4n) is 2.38. The summed E-state index contributed by atoms with van der Waals surface area (Å²) >= 11 is 2.03. The number of rotatable bonds is 1. The molecule has 2 aliphatic heterocycles. The molecule has 2 saturated heterocycles. The molecular formula is C11H12FNS. The maximum atomic E-state index is 13.5. The fourth-order valence-corrected chi connectivity index (χ4v) is 3.81. The van der Waals surface area contributed by atoms with Gasteiger partial charge in [-0.2, -0.15) is 11.8 Å². The molecule has 0 unspecified atom stereocenters. The molecule has 2 atom stereocenters. The van der Waals surface area contributed by atoms with Gasteiger partial charge >= 0.3 is 0 Å². The maximum absolute atomic E-state index is 13.5. The molecule has 0 aliphatic carbocycles. The van der Waals surface area contributed by atoms with E-state index in [1.165, 1.54) is 12.2 Å². The SMILES string of the molecule is Fc1ccccc1N1C[C@@H]2C[C@H]1CS2. The predicted octanol–water partition coefficient (Wildman–Crippen LogP) is 2.52. The third-order valence-electron chi connectivity index (χ3n) is 3.06. The molecule has 1 aromatic carbocycles. The molecular weight excluding hydrogens is 197 g/mol. The van der Waals surface area contributed by atoms with Crippen LogP contribution in [0.15, 0.2) is 24.3 Å². The molecule has 1 nitrogen and oxygen atoms in total. The second-order valence-electron chi connectivity index (χ2n) is 3.95. The van der Waals surface area contributed by atoms with E-state index in [2.05, 4.69) is 4.90 Å². The summed E-state index contributed by atoms with van der Waals surface area (Å²) in [4.78, 5) is 2.23. The molecule has 2 bridgehead atoms. The highest BCUT2D eigenvalue weighted by Gasteiger charge is 2.39. The molecule has 2 fully saturated rings. The van der Waals surface area contributed by atoms with Gasteiger partial charge in [-0.15, -0.1) is 0 Å². The lowest BCUT2D eigenvalue weighted by Crippen LogP contribution is -2.34. The van der Waals surface area contributed by atoms with Crippen molar-refractivity contribution in [2.24, 2.45) is 0 Å². The number of nitrogens with zero attached hydrogens (tertiary/aromatic N) is 1. The van der Waals surface area contributed by atoms with E-state index in [1.807, 2.05) is 23.9 Å². The van der Waals surface area contributed by atoms with Crippen molar-refractivity contribution in [1.82, 2.24) is 0 Å². The van der Waals surface area contributed by atoms with Crippen molar-refractivity contribution in [1.29, 1.82) is 0 Å². The average molecular weight is 209 g/mol. The summed E-state index contributed by atoms with van der Waals surface area (Å²) in [7, 11) is 0. The van der Waals surface area contributed by atoms with E-state index < -0.39 is 0 Å². The van der Waals surface area contributed by atoms with Gasteiger partial charge in [-0.3, -0.25) is 0 Å². The molecule has 0 spiro atoms. The number of halogens is 1. The Labute approximate surface area is 87.3 Å². The Kier molecular flexibility index (Phi) is 1.94. The Morgan fingerprint density at radius 3 is 2.86 bits per heavy atom. The van der Waals surface area contributed by atoms with Crippen molar-refractivity contribution in [2.75, 3.05) is 17.2 Å². The summed E-state index contributed by atoms with van der Waals surface area (Å²) in [5.41, 5.74) is 0.792. The topological polar surface area (TPSA) is 3.24 Å². The van der Waals surface area contributed by atoms with E-state index in [-0.39, 0.29) is 5.82 Å². The molecule has 3 heteroatoms. The summed E-state index contributed by atoms with van der Waals surface area (Å²) < 4.78 is 13.5. The molecule has 0 aromatic heterocycles. The van der Waals surface area contributed by atoms with Gasteiger partial charge in [0, 0.05) is 23.6 Å². The third kappa shape index (κ3) is 1.22. The lowest BCUT2D eigenvalue weighted by molar-refractivity contribution is 0.615. The molecule has 2 heterocycles. The molecule has 3 rings (SSSR count). The smallest absolute Gasteiger partial charge is 0.146 e. The van der Waals surface area contributed by atoms with Crippen LogP contribution in [0.25, 0.3) is 0 Å². The van der Waals surface area contributed by atoms with Gasteiger partial charge in [0.05, 0.1) is 5.69 Å². The van der Waals surface area contributed by atoms with Crippen LogP contribution in [0.1, 0.15) is 6.42 Å². The van der Waals surface area contributed by atoms with Gasteiger partial charge in [0.25, 0.3) is 0 Å². The first-order valence-corrected chi connectivity index (χ1v) is 6.02. The minimum atomic E-state index is -0.0787. The van der Waals surface area contributed by atoms with Crippen molar-refractivity contribution in [3.63, 3.8) is 0 Å². The van der Waals surface area contributed by atoms with E-state index in [9.17, 15) is 4.39 Å². The van der Waals surface area contributed by atoms with Gasteiger partial charge in [0.2, 0.25) is 0 Å². The first kappa shape index (κ1) is 8.60. The zero-order valence-electron chi connectivity index (χ0n) is 7.82. The largest absolute Gasteiger partial charge is 0.364 e. The molecule has 0 saturated carbocycles. The van der Waals surface area contributed by atoms with Gasteiger partial charge in [-0.1, -0.05) is 12.1 Å². The molecule has 1 aromatic rings. The van der Waals surface area contributed by atoms with E-state index in [0.717, 1.165) is 17.5 Å². The quantitative estimate of drug-likeness (QED) is 0.699. The van der Waals surface area contributed by atoms with Crippen LogP contribution < -0.4 is 4.90 Å². The van der Waals surface area contributed by atoms with Crippen LogP contribution in [-0.4, -0.2) is 23.6 Å². The number of fused-ring (bicyclic) bond motifs is 2. The third-order valence-corrected chi connectivity index (χ3v) is 4.45. The lowest BCUT2D eigenvalue weighted by Gasteiger charge is -2.28. The van der Waals surface area contributed by atoms with Crippen molar-refractivity contribution in [2.45, 2.75) is 17.7 Å². The second kappa shape index (κ2) is 3.16. The first-order chi connectivity index (χ1) is 6.84. The minimum Gasteiger partial charge on any atom is -0.364 e. The van der Waals surface area contributed by atoms with Crippen LogP contribution in [0.5, 0.6) is 0 Å². The molecule has 74 valence electrons. The zero-order valence-corrected chi connectivity index (χ0v) is 8.64. The Balaban J connectivity index is 1.93. The zero-order chi connectivity index (χ0) is 9.54. The van der Waals surface area contributed by atoms with Crippen LogP contribution >= 0.6 is 11.8 Å². The molecule has 0 radical (unpaired) electrons. The van der Waals surface area contributed by atoms with Crippen molar-refractivity contribution in [3.8, 4) is 0 Å². The van der Waals surface area contributed by atoms with Crippen LogP contribution in [0.3, 0.4) is 0 Å². The summed E-state index contributed by atoms with van der Waals surface area (Å²) in [6, 6.07) is 7.68. The number of hydrogen-bond acceptors (Lipinski definition) is 2. The summed E-state index contributed by atoms with van der Waals surface area (Å²) in [5.74, 6) is 1.09.